The van der Waals surface area contributed by atoms with E-state index in [1.165, 1.54) is 22.5 Å². The predicted octanol–water partition coefficient (Wildman–Crippen LogP) is 4.32. The van der Waals surface area contributed by atoms with Crippen molar-refractivity contribution in [3.05, 3.63) is 92.6 Å². The van der Waals surface area contributed by atoms with E-state index < -0.39 is 5.91 Å². The van der Waals surface area contributed by atoms with Crippen LogP contribution in [0.25, 0.3) is 27.0 Å². The van der Waals surface area contributed by atoms with Crippen LogP contribution in [0, 0.1) is 27.7 Å². The van der Waals surface area contributed by atoms with Crippen LogP contribution < -0.4 is 11.0 Å². The average Bonchev–Trinajstić information content (AvgIpc) is 3.36. The molecule has 0 unspecified atom stereocenters. The smallest absolute Gasteiger partial charge is 0.267 e. The van der Waals surface area contributed by atoms with Gasteiger partial charge in [-0.05, 0) is 44.9 Å². The summed E-state index contributed by atoms with van der Waals surface area (Å²) in [6.07, 6.45) is 1.33. The summed E-state index contributed by atoms with van der Waals surface area (Å²) in [6.45, 7) is 7.65. The molecule has 170 valence electrons. The van der Waals surface area contributed by atoms with Gasteiger partial charge in [-0.15, -0.1) is 16.4 Å². The molecule has 0 aliphatic carbocycles. The molecule has 9 heteroatoms. The molecule has 0 atom stereocenters. The van der Waals surface area contributed by atoms with Gasteiger partial charge >= 0.3 is 0 Å². The Morgan fingerprint density at radius 1 is 1.00 bits per heavy atom. The highest BCUT2D eigenvalue weighted by Gasteiger charge is 2.21. The number of benzene rings is 2. The Kier molecular flexibility index (Phi) is 5.33. The maximum atomic E-state index is 13.4. The first kappa shape index (κ1) is 21.7. The minimum absolute atomic E-state index is 0.136. The first-order valence-corrected chi connectivity index (χ1v) is 11.5. The van der Waals surface area contributed by atoms with Gasteiger partial charge in [-0.25, -0.2) is 9.66 Å². The highest BCUT2D eigenvalue weighted by Crippen LogP contribution is 2.35. The number of hydrogen-bond donors (Lipinski definition) is 1. The van der Waals surface area contributed by atoms with Crippen LogP contribution in [-0.2, 0) is 0 Å². The fourth-order valence-electron chi connectivity index (χ4n) is 4.02. The second-order valence-electron chi connectivity index (χ2n) is 8.15. The zero-order valence-electron chi connectivity index (χ0n) is 19.2. The molecular formula is C25H22N6O2S. The van der Waals surface area contributed by atoms with E-state index in [-0.39, 0.29) is 11.3 Å². The molecule has 0 fully saturated rings. The second-order valence-corrected chi connectivity index (χ2v) is 9.36. The number of aromatic nitrogens is 5. The van der Waals surface area contributed by atoms with Crippen LogP contribution in [-0.4, -0.2) is 30.6 Å². The monoisotopic (exact) mass is 470 g/mol. The first-order valence-electron chi connectivity index (χ1n) is 10.7. The Morgan fingerprint density at radius 2 is 1.76 bits per heavy atom. The summed E-state index contributed by atoms with van der Waals surface area (Å²) >= 11 is 1.45. The number of amides is 1. The van der Waals surface area contributed by atoms with Crippen LogP contribution in [0.15, 0.2) is 59.7 Å². The van der Waals surface area contributed by atoms with Gasteiger partial charge in [0.15, 0.2) is 5.69 Å². The fraction of sp³-hybridized carbons (Fsp3) is 0.160. The molecule has 0 radical (unpaired) electrons. The quantitative estimate of drug-likeness (QED) is 0.422. The molecule has 0 spiro atoms. The van der Waals surface area contributed by atoms with Crippen molar-refractivity contribution in [1.29, 1.82) is 0 Å². The van der Waals surface area contributed by atoms with Gasteiger partial charge in [0.05, 0.1) is 16.8 Å². The van der Waals surface area contributed by atoms with Crippen molar-refractivity contribution in [3.8, 4) is 16.8 Å². The summed E-state index contributed by atoms with van der Waals surface area (Å²) in [6, 6.07) is 15.6. The standard InChI is InChI=1S/C25H22N6O2S/c1-14-10-11-19(15(2)12-14)31-27-16(3)22(28-31)23(32)29-30-13-26-24-21(25(30)33)20(17(4)34-24)18-8-6-5-7-9-18/h5-13H,1-4H3,(H,29,32). The largest absolute Gasteiger partial charge is 0.292 e. The summed E-state index contributed by atoms with van der Waals surface area (Å²) < 4.78 is 1.11. The molecule has 0 aliphatic heterocycles. The number of nitrogens with one attached hydrogen (secondary N) is 1. The number of nitrogens with zero attached hydrogens (tertiary/aromatic N) is 5. The molecule has 0 bridgehead atoms. The van der Waals surface area contributed by atoms with E-state index >= 15 is 0 Å². The molecule has 1 amide bonds. The lowest BCUT2D eigenvalue weighted by Crippen LogP contribution is -2.33. The van der Waals surface area contributed by atoms with Crippen molar-refractivity contribution >= 4 is 27.5 Å². The van der Waals surface area contributed by atoms with E-state index in [9.17, 15) is 9.59 Å². The molecule has 2 aromatic carbocycles. The normalized spacial score (nSPS) is 11.2. The number of hydrogen-bond acceptors (Lipinski definition) is 6. The Bertz CT molecular complexity index is 1610. The average molecular weight is 471 g/mol. The number of rotatable bonds is 4. The molecule has 0 aliphatic rings. The van der Waals surface area contributed by atoms with Crippen LogP contribution >= 0.6 is 11.3 Å². The van der Waals surface area contributed by atoms with Gasteiger partial charge in [0, 0.05) is 10.4 Å². The van der Waals surface area contributed by atoms with Gasteiger partial charge < -0.3 is 0 Å². The summed E-state index contributed by atoms with van der Waals surface area (Å²) in [7, 11) is 0. The van der Waals surface area contributed by atoms with Crippen LogP contribution in [0.4, 0.5) is 0 Å². The minimum Gasteiger partial charge on any atom is -0.267 e. The van der Waals surface area contributed by atoms with Gasteiger partial charge in [0.2, 0.25) is 0 Å². The zero-order chi connectivity index (χ0) is 24.0. The third kappa shape index (κ3) is 3.69. The lowest BCUT2D eigenvalue weighted by molar-refractivity contribution is 0.100. The van der Waals surface area contributed by atoms with E-state index in [0.29, 0.717) is 15.9 Å². The van der Waals surface area contributed by atoms with Crippen molar-refractivity contribution in [1.82, 2.24) is 24.7 Å². The van der Waals surface area contributed by atoms with Crippen molar-refractivity contribution in [3.63, 3.8) is 0 Å². The Hall–Kier alpha value is -4.11. The molecule has 5 aromatic rings. The van der Waals surface area contributed by atoms with Gasteiger partial charge in [-0.2, -0.15) is 9.90 Å². The van der Waals surface area contributed by atoms with Crippen LogP contribution in [0.1, 0.15) is 32.2 Å². The van der Waals surface area contributed by atoms with Crippen LogP contribution in [0.5, 0.6) is 0 Å². The van der Waals surface area contributed by atoms with Gasteiger partial charge in [0.1, 0.15) is 11.2 Å². The molecule has 34 heavy (non-hydrogen) atoms. The number of carbonyl (C=O) groups is 1. The Balaban J connectivity index is 1.52. The summed E-state index contributed by atoms with van der Waals surface area (Å²) in [4.78, 5) is 33.9. The summed E-state index contributed by atoms with van der Waals surface area (Å²) in [5.74, 6) is -0.537. The van der Waals surface area contributed by atoms with Gasteiger partial charge in [-0.1, -0.05) is 48.0 Å². The highest BCUT2D eigenvalue weighted by molar-refractivity contribution is 7.19. The number of aryl methyl sites for hydroxylation is 4. The molecular weight excluding hydrogens is 448 g/mol. The third-order valence-corrected chi connectivity index (χ3v) is 6.65. The Morgan fingerprint density at radius 3 is 2.50 bits per heavy atom. The van der Waals surface area contributed by atoms with E-state index in [1.807, 2.05) is 69.3 Å². The summed E-state index contributed by atoms with van der Waals surface area (Å²) in [5, 5.41) is 9.27. The molecule has 5 rings (SSSR count). The van der Waals surface area contributed by atoms with Gasteiger partial charge in [-0.3, -0.25) is 15.0 Å². The molecule has 3 aromatic heterocycles. The zero-order valence-corrected chi connectivity index (χ0v) is 20.0. The predicted molar refractivity (Wildman–Crippen MR) is 133 cm³/mol. The highest BCUT2D eigenvalue weighted by atomic mass is 32.1. The maximum Gasteiger partial charge on any atom is 0.292 e. The Labute approximate surface area is 199 Å². The van der Waals surface area contributed by atoms with Crippen LogP contribution in [0.3, 0.4) is 0 Å². The molecule has 1 N–H and O–H groups in total. The lowest BCUT2D eigenvalue weighted by atomic mass is 10.0. The van der Waals surface area contributed by atoms with Crippen molar-refractivity contribution in [2.24, 2.45) is 0 Å². The van der Waals surface area contributed by atoms with E-state index in [4.69, 9.17) is 0 Å². The minimum atomic E-state index is -0.537. The fourth-order valence-corrected chi connectivity index (χ4v) is 5.03. The lowest BCUT2D eigenvalue weighted by Gasteiger charge is -2.07. The molecule has 0 saturated carbocycles. The SMILES string of the molecule is Cc1ccc(-n2nc(C)c(C(=O)Nn3cnc4sc(C)c(-c5ccccc5)c4c3=O)n2)c(C)c1. The maximum absolute atomic E-state index is 13.4. The van der Waals surface area contributed by atoms with E-state index in [0.717, 1.165) is 37.5 Å². The van der Waals surface area contributed by atoms with E-state index in [1.54, 1.807) is 6.92 Å². The van der Waals surface area contributed by atoms with E-state index in [2.05, 4.69) is 20.6 Å². The number of carbonyl (C=O) groups excluding carboxylic acids is 1. The first-order chi connectivity index (χ1) is 16.3. The van der Waals surface area contributed by atoms with Crippen LogP contribution in [0.2, 0.25) is 0 Å². The van der Waals surface area contributed by atoms with Crippen molar-refractivity contribution in [2.75, 3.05) is 5.43 Å². The molecule has 8 nitrogen and oxygen atoms in total. The second kappa shape index (κ2) is 8.35. The van der Waals surface area contributed by atoms with Crippen molar-refractivity contribution in [2.45, 2.75) is 27.7 Å². The third-order valence-electron chi connectivity index (χ3n) is 5.64. The molecule has 0 saturated heterocycles. The summed E-state index contributed by atoms with van der Waals surface area (Å²) in [5.41, 5.74) is 7.55. The topological polar surface area (TPSA) is 94.7 Å². The number of thiophene rings is 1. The van der Waals surface area contributed by atoms with Gasteiger partial charge in [0.25, 0.3) is 11.5 Å². The molecule has 3 heterocycles. The van der Waals surface area contributed by atoms with Crippen molar-refractivity contribution < 1.29 is 4.79 Å². The number of fused-ring (bicyclic) bond motifs is 1.